The summed E-state index contributed by atoms with van der Waals surface area (Å²) < 4.78 is 5.35. The largest absolute Gasteiger partial charge is 0.381 e. The van der Waals surface area contributed by atoms with Gasteiger partial charge in [0, 0.05) is 30.7 Å². The van der Waals surface area contributed by atoms with Gasteiger partial charge in [0.05, 0.1) is 0 Å². The Morgan fingerprint density at radius 3 is 2.78 bits per heavy atom. The molecule has 0 aliphatic carbocycles. The molecule has 3 nitrogen and oxygen atoms in total. The van der Waals surface area contributed by atoms with Crippen LogP contribution in [0, 0.1) is 11.8 Å². The van der Waals surface area contributed by atoms with Crippen molar-refractivity contribution in [3.05, 3.63) is 29.8 Å². The normalized spacial score (nSPS) is 23.7. The van der Waals surface area contributed by atoms with E-state index in [4.69, 9.17) is 16.3 Å². The van der Waals surface area contributed by atoms with Crippen molar-refractivity contribution in [1.82, 2.24) is 0 Å². The number of hydrogen-bond acceptors (Lipinski definition) is 2. The Labute approximate surface area is 112 Å². The van der Waals surface area contributed by atoms with Crippen molar-refractivity contribution in [3.8, 4) is 0 Å². The van der Waals surface area contributed by atoms with E-state index in [-0.39, 0.29) is 17.7 Å². The van der Waals surface area contributed by atoms with Crippen LogP contribution in [0.1, 0.15) is 18.9 Å². The second kappa shape index (κ2) is 6.21. The molecule has 1 fully saturated rings. The van der Waals surface area contributed by atoms with Gasteiger partial charge in [0.1, 0.15) is 0 Å². The lowest BCUT2D eigenvalue weighted by Gasteiger charge is -2.27. The highest BCUT2D eigenvalue weighted by Crippen LogP contribution is 2.23. The number of amides is 1. The average Bonchev–Trinajstić information content (AvgIpc) is 2.40. The summed E-state index contributed by atoms with van der Waals surface area (Å²) >= 11 is 5.72. The van der Waals surface area contributed by atoms with Crippen LogP contribution in [0.15, 0.2) is 24.3 Å². The molecule has 0 bridgehead atoms. The summed E-state index contributed by atoms with van der Waals surface area (Å²) in [6.07, 6.45) is 0.798. The number of anilines is 1. The number of nitrogens with one attached hydrogen (secondary N) is 1. The minimum atomic E-state index is 0.0476. The maximum absolute atomic E-state index is 12.1. The van der Waals surface area contributed by atoms with E-state index >= 15 is 0 Å². The van der Waals surface area contributed by atoms with Crippen LogP contribution in [0.25, 0.3) is 0 Å². The molecule has 18 heavy (non-hydrogen) atoms. The molecule has 0 saturated carbocycles. The van der Waals surface area contributed by atoms with Gasteiger partial charge in [-0.3, -0.25) is 4.79 Å². The van der Waals surface area contributed by atoms with Gasteiger partial charge in [0.15, 0.2) is 0 Å². The van der Waals surface area contributed by atoms with Gasteiger partial charge in [-0.15, -0.1) is 11.6 Å². The lowest BCUT2D eigenvalue weighted by atomic mass is 9.89. The molecule has 2 rings (SSSR count). The molecule has 4 heteroatoms. The smallest absolute Gasteiger partial charge is 0.227 e. The summed E-state index contributed by atoms with van der Waals surface area (Å²) in [7, 11) is 0. The molecular formula is C14H18ClNO2. The van der Waals surface area contributed by atoms with Crippen LogP contribution in [0.5, 0.6) is 0 Å². The summed E-state index contributed by atoms with van der Waals surface area (Å²) in [4.78, 5) is 12.1. The van der Waals surface area contributed by atoms with Crippen LogP contribution in [0.3, 0.4) is 0 Å². The van der Waals surface area contributed by atoms with Gasteiger partial charge in [-0.1, -0.05) is 19.1 Å². The molecule has 1 N–H and O–H groups in total. The van der Waals surface area contributed by atoms with Crippen LogP contribution in [0.2, 0.25) is 0 Å². The Balaban J connectivity index is 1.97. The van der Waals surface area contributed by atoms with Gasteiger partial charge in [-0.25, -0.2) is 0 Å². The molecule has 1 aliphatic rings. The zero-order valence-corrected chi connectivity index (χ0v) is 11.2. The van der Waals surface area contributed by atoms with Gasteiger partial charge in [-0.2, -0.15) is 0 Å². The third kappa shape index (κ3) is 3.24. The molecule has 0 spiro atoms. The molecule has 2 unspecified atom stereocenters. The first-order valence-electron chi connectivity index (χ1n) is 6.24. The Kier molecular flexibility index (Phi) is 4.61. The second-order valence-corrected chi connectivity index (χ2v) is 5.03. The summed E-state index contributed by atoms with van der Waals surface area (Å²) in [5.74, 6) is 0.905. The van der Waals surface area contributed by atoms with E-state index in [1.54, 1.807) is 0 Å². The van der Waals surface area contributed by atoms with Crippen molar-refractivity contribution >= 4 is 23.2 Å². The number of carbonyl (C=O) groups is 1. The third-order valence-corrected chi connectivity index (χ3v) is 3.66. The first-order chi connectivity index (χ1) is 8.70. The van der Waals surface area contributed by atoms with Crippen molar-refractivity contribution in [2.75, 3.05) is 18.5 Å². The van der Waals surface area contributed by atoms with Crippen molar-refractivity contribution in [2.24, 2.45) is 11.8 Å². The summed E-state index contributed by atoms with van der Waals surface area (Å²) in [6.45, 7) is 3.40. The minimum absolute atomic E-state index is 0.0476. The van der Waals surface area contributed by atoms with E-state index < -0.39 is 0 Å². The zero-order chi connectivity index (χ0) is 13.0. The fourth-order valence-electron chi connectivity index (χ4n) is 2.18. The van der Waals surface area contributed by atoms with E-state index in [2.05, 4.69) is 12.2 Å². The summed E-state index contributed by atoms with van der Waals surface area (Å²) in [6, 6.07) is 7.63. The molecule has 1 aliphatic heterocycles. The van der Waals surface area contributed by atoms with Gasteiger partial charge in [0.2, 0.25) is 5.91 Å². The standard InChI is InChI=1S/C14H18ClNO2/c1-10-9-18-7-6-13(10)14(17)16-12-4-2-11(8-15)3-5-12/h2-5,10,13H,6-9H2,1H3,(H,16,17). The molecular weight excluding hydrogens is 250 g/mol. The first kappa shape index (κ1) is 13.4. The second-order valence-electron chi connectivity index (χ2n) is 4.77. The summed E-state index contributed by atoms with van der Waals surface area (Å²) in [5, 5.41) is 2.96. The van der Waals surface area contributed by atoms with Crippen LogP contribution in [-0.2, 0) is 15.4 Å². The maximum atomic E-state index is 12.1. The predicted octanol–water partition coefficient (Wildman–Crippen LogP) is 3.04. The molecule has 2 atom stereocenters. The Hall–Kier alpha value is -1.06. The van der Waals surface area contributed by atoms with E-state index in [1.165, 1.54) is 0 Å². The van der Waals surface area contributed by atoms with E-state index in [0.29, 0.717) is 19.1 Å². The fourth-order valence-corrected chi connectivity index (χ4v) is 2.36. The number of halogens is 1. The lowest BCUT2D eigenvalue weighted by Crippen LogP contribution is -2.34. The van der Waals surface area contributed by atoms with Gasteiger partial charge in [0.25, 0.3) is 0 Å². The van der Waals surface area contributed by atoms with Crippen molar-refractivity contribution in [1.29, 1.82) is 0 Å². The molecule has 1 saturated heterocycles. The quantitative estimate of drug-likeness (QED) is 0.855. The first-order valence-corrected chi connectivity index (χ1v) is 6.77. The molecule has 1 amide bonds. The van der Waals surface area contributed by atoms with Crippen molar-refractivity contribution < 1.29 is 9.53 Å². The highest BCUT2D eigenvalue weighted by molar-refractivity contribution is 6.17. The molecule has 0 aromatic heterocycles. The number of ether oxygens (including phenoxy) is 1. The Bertz CT molecular complexity index is 405. The van der Waals surface area contributed by atoms with E-state index in [0.717, 1.165) is 17.7 Å². The monoisotopic (exact) mass is 267 g/mol. The number of alkyl halides is 1. The predicted molar refractivity (Wildman–Crippen MR) is 72.7 cm³/mol. The van der Waals surface area contributed by atoms with Crippen LogP contribution in [0.4, 0.5) is 5.69 Å². The SMILES string of the molecule is CC1COCCC1C(=O)Nc1ccc(CCl)cc1. The topological polar surface area (TPSA) is 38.3 Å². The number of carbonyl (C=O) groups excluding carboxylic acids is 1. The molecule has 98 valence electrons. The molecule has 1 aromatic rings. The Morgan fingerprint density at radius 1 is 1.44 bits per heavy atom. The molecule has 0 radical (unpaired) electrons. The highest BCUT2D eigenvalue weighted by atomic mass is 35.5. The van der Waals surface area contributed by atoms with Crippen molar-refractivity contribution in [2.45, 2.75) is 19.2 Å². The van der Waals surface area contributed by atoms with Crippen LogP contribution < -0.4 is 5.32 Å². The average molecular weight is 268 g/mol. The molecule has 1 heterocycles. The Morgan fingerprint density at radius 2 is 2.17 bits per heavy atom. The number of hydrogen-bond donors (Lipinski definition) is 1. The summed E-state index contributed by atoms with van der Waals surface area (Å²) in [5.41, 5.74) is 1.88. The van der Waals surface area contributed by atoms with Crippen LogP contribution in [-0.4, -0.2) is 19.1 Å². The van der Waals surface area contributed by atoms with Crippen molar-refractivity contribution in [3.63, 3.8) is 0 Å². The third-order valence-electron chi connectivity index (χ3n) is 3.35. The minimum Gasteiger partial charge on any atom is -0.381 e. The van der Waals surface area contributed by atoms with Gasteiger partial charge < -0.3 is 10.1 Å². The highest BCUT2D eigenvalue weighted by Gasteiger charge is 2.28. The lowest BCUT2D eigenvalue weighted by molar-refractivity contribution is -0.125. The van der Waals surface area contributed by atoms with Crippen LogP contribution >= 0.6 is 11.6 Å². The van der Waals surface area contributed by atoms with E-state index in [9.17, 15) is 4.79 Å². The number of rotatable bonds is 3. The zero-order valence-electron chi connectivity index (χ0n) is 10.5. The van der Waals surface area contributed by atoms with Gasteiger partial charge >= 0.3 is 0 Å². The van der Waals surface area contributed by atoms with Gasteiger partial charge in [-0.05, 0) is 30.0 Å². The number of benzene rings is 1. The fraction of sp³-hybridized carbons (Fsp3) is 0.500. The van der Waals surface area contributed by atoms with E-state index in [1.807, 2.05) is 24.3 Å². The molecule has 1 aromatic carbocycles. The maximum Gasteiger partial charge on any atom is 0.227 e.